The summed E-state index contributed by atoms with van der Waals surface area (Å²) in [7, 11) is 0. The Kier molecular flexibility index (Phi) is 6.89. The molecule has 0 atom stereocenters. The molecule has 0 spiro atoms. The van der Waals surface area contributed by atoms with Gasteiger partial charge in [-0.05, 0) is 45.4 Å². The number of benzene rings is 1. The third kappa shape index (κ3) is 5.07. The normalized spacial score (nSPS) is 11.3. The van der Waals surface area contributed by atoms with Crippen molar-refractivity contribution in [3.8, 4) is 5.88 Å². The minimum absolute atomic E-state index is 0.0863. The summed E-state index contributed by atoms with van der Waals surface area (Å²) >= 11 is 0. The second kappa shape index (κ2) is 8.98. The number of fused-ring (bicyclic) bond motifs is 1. The first-order chi connectivity index (χ1) is 13.6. The van der Waals surface area contributed by atoms with Crippen LogP contribution in [0.5, 0.6) is 5.88 Å². The van der Waals surface area contributed by atoms with Gasteiger partial charge in [0.25, 0.3) is 0 Å². The zero-order valence-electron chi connectivity index (χ0n) is 17.6. The Hall–Kier alpha value is -3.03. The average molecular weight is 403 g/mol. The van der Waals surface area contributed by atoms with Crippen LogP contribution in [0.2, 0.25) is 0 Å². The van der Waals surface area contributed by atoms with Gasteiger partial charge in [-0.2, -0.15) is 0 Å². The van der Waals surface area contributed by atoms with Gasteiger partial charge in [-0.15, -0.1) is 4.73 Å². The minimum atomic E-state index is -0.813. The number of nitrogens with zero attached hydrogens (tertiary/aromatic N) is 1. The largest absolute Gasteiger partial charge is 0.492 e. The number of urea groups is 1. The van der Waals surface area contributed by atoms with E-state index in [1.807, 2.05) is 6.92 Å². The van der Waals surface area contributed by atoms with Gasteiger partial charge < -0.3 is 20.6 Å². The molecule has 0 aliphatic carbocycles. The molecule has 0 radical (unpaired) electrons. The highest BCUT2D eigenvalue weighted by Gasteiger charge is 2.29. The van der Waals surface area contributed by atoms with Gasteiger partial charge in [-0.25, -0.2) is 9.59 Å². The Labute approximate surface area is 170 Å². The van der Waals surface area contributed by atoms with Crippen LogP contribution >= 0.6 is 0 Å². The van der Waals surface area contributed by atoms with Gasteiger partial charge >= 0.3 is 12.0 Å². The van der Waals surface area contributed by atoms with Crippen molar-refractivity contribution in [3.05, 3.63) is 23.8 Å². The van der Waals surface area contributed by atoms with Gasteiger partial charge in [0.05, 0.1) is 16.5 Å². The van der Waals surface area contributed by atoms with E-state index in [-0.39, 0.29) is 23.8 Å². The predicted octanol–water partition coefficient (Wildman–Crippen LogP) is 3.86. The van der Waals surface area contributed by atoms with Crippen LogP contribution in [0.3, 0.4) is 0 Å². The van der Waals surface area contributed by atoms with Crippen LogP contribution in [-0.4, -0.2) is 34.2 Å². The van der Waals surface area contributed by atoms with E-state index in [0.717, 1.165) is 17.6 Å². The summed E-state index contributed by atoms with van der Waals surface area (Å²) in [5, 5.41) is 16.5. The fraction of sp³-hybridized carbons (Fsp3) is 0.476. The second-order valence-electron chi connectivity index (χ2n) is 7.86. The fourth-order valence-electron chi connectivity index (χ4n) is 2.64. The van der Waals surface area contributed by atoms with Crippen LogP contribution in [0.25, 0.3) is 10.9 Å². The lowest BCUT2D eigenvalue weighted by Gasteiger charge is -2.17. The topological polar surface area (TPSA) is 110 Å². The molecule has 0 fully saturated rings. The van der Waals surface area contributed by atoms with Crippen molar-refractivity contribution in [1.29, 1.82) is 0 Å². The van der Waals surface area contributed by atoms with Gasteiger partial charge in [0.15, 0.2) is 5.78 Å². The Balaban J connectivity index is 2.46. The third-order valence-corrected chi connectivity index (χ3v) is 4.36. The van der Waals surface area contributed by atoms with Crippen molar-refractivity contribution in [2.24, 2.45) is 5.41 Å². The number of Topliss-reactive ketones (excluding diaryl/α,β-unsaturated/α-hetero) is 1. The van der Waals surface area contributed by atoms with E-state index in [1.54, 1.807) is 45.9 Å². The number of aromatic hydroxyl groups is 1. The summed E-state index contributed by atoms with van der Waals surface area (Å²) < 4.78 is 0.950. The molecule has 0 aliphatic heterocycles. The summed E-state index contributed by atoms with van der Waals surface area (Å²) in [5.41, 5.74) is 0.0199. The number of hydrogen-bond donors (Lipinski definition) is 3. The van der Waals surface area contributed by atoms with Crippen molar-refractivity contribution >= 4 is 34.4 Å². The molecule has 2 rings (SSSR count). The minimum Gasteiger partial charge on any atom is -0.492 e. The molecule has 0 saturated heterocycles. The predicted molar refractivity (Wildman–Crippen MR) is 111 cm³/mol. The smallest absolute Gasteiger partial charge is 0.338 e. The number of aromatic nitrogens is 1. The zero-order chi connectivity index (χ0) is 21.8. The van der Waals surface area contributed by atoms with E-state index in [0.29, 0.717) is 23.1 Å². The van der Waals surface area contributed by atoms with Gasteiger partial charge in [0.2, 0.25) is 5.88 Å². The van der Waals surface area contributed by atoms with Crippen LogP contribution in [-0.2, 0) is 4.79 Å². The van der Waals surface area contributed by atoms with E-state index in [9.17, 15) is 19.5 Å². The van der Waals surface area contributed by atoms with Gasteiger partial charge in [-0.3, -0.25) is 4.79 Å². The van der Waals surface area contributed by atoms with Crippen LogP contribution in [0.1, 0.15) is 64.2 Å². The van der Waals surface area contributed by atoms with Crippen LogP contribution in [0.4, 0.5) is 10.5 Å². The first-order valence-electron chi connectivity index (χ1n) is 9.78. The Morgan fingerprint density at radius 1 is 1.17 bits per heavy atom. The molecule has 1 heterocycles. The van der Waals surface area contributed by atoms with Gasteiger partial charge in [0.1, 0.15) is 0 Å². The summed E-state index contributed by atoms with van der Waals surface area (Å²) in [6.45, 7) is 9.32. The van der Waals surface area contributed by atoms with Crippen molar-refractivity contribution in [1.82, 2.24) is 10.0 Å². The van der Waals surface area contributed by atoms with E-state index in [1.165, 1.54) is 0 Å². The molecule has 0 saturated carbocycles. The Morgan fingerprint density at radius 3 is 2.45 bits per heavy atom. The lowest BCUT2D eigenvalue weighted by atomic mass is 9.98. The fourth-order valence-corrected chi connectivity index (χ4v) is 2.64. The standard InChI is InChI=1S/C21H29N3O5/c1-6-8-11-22-20(28)23-13-9-10-14-15(12-13)24(29-19(27)21(3,4)5)18(26)17(14)16(25)7-2/h9-10,12,26H,6-8,11H2,1-5H3,(H2,22,23,28). The summed E-state index contributed by atoms with van der Waals surface area (Å²) in [4.78, 5) is 42.1. The van der Waals surface area contributed by atoms with Gasteiger partial charge in [-0.1, -0.05) is 20.3 Å². The summed E-state index contributed by atoms with van der Waals surface area (Å²) in [6.07, 6.45) is 2.01. The maximum Gasteiger partial charge on any atom is 0.338 e. The number of unbranched alkanes of at least 4 members (excludes halogenated alkanes) is 1. The second-order valence-corrected chi connectivity index (χ2v) is 7.86. The molecule has 0 unspecified atom stereocenters. The summed E-state index contributed by atoms with van der Waals surface area (Å²) in [6, 6.07) is 4.43. The average Bonchev–Trinajstić information content (AvgIpc) is 2.92. The van der Waals surface area contributed by atoms with Crippen LogP contribution in [0, 0.1) is 5.41 Å². The number of hydrogen-bond acceptors (Lipinski definition) is 5. The molecule has 0 bridgehead atoms. The Bertz CT molecular complexity index is 925. The highest BCUT2D eigenvalue weighted by atomic mass is 16.7. The first kappa shape index (κ1) is 22.3. The van der Waals surface area contributed by atoms with Crippen molar-refractivity contribution < 1.29 is 24.3 Å². The molecule has 158 valence electrons. The quantitative estimate of drug-likeness (QED) is 0.480. The number of ketones is 1. The molecule has 2 aromatic rings. The number of amides is 2. The van der Waals surface area contributed by atoms with Crippen molar-refractivity contribution in [2.45, 2.75) is 53.9 Å². The lowest BCUT2D eigenvalue weighted by molar-refractivity contribution is -0.153. The molecule has 2 amide bonds. The van der Waals surface area contributed by atoms with Crippen molar-refractivity contribution in [2.75, 3.05) is 11.9 Å². The van der Waals surface area contributed by atoms with Crippen molar-refractivity contribution in [3.63, 3.8) is 0 Å². The van der Waals surface area contributed by atoms with E-state index in [2.05, 4.69) is 10.6 Å². The summed E-state index contributed by atoms with van der Waals surface area (Å²) in [5.74, 6) is -1.29. The monoisotopic (exact) mass is 403 g/mol. The SMILES string of the molecule is CCCCNC(=O)Nc1ccc2c(C(=O)CC)c(O)n(OC(=O)C(C)(C)C)c2c1. The molecular weight excluding hydrogens is 374 g/mol. The molecule has 8 nitrogen and oxygen atoms in total. The van der Waals surface area contributed by atoms with Crippen LogP contribution in [0.15, 0.2) is 18.2 Å². The molecule has 1 aromatic carbocycles. The van der Waals surface area contributed by atoms with E-state index < -0.39 is 17.3 Å². The van der Waals surface area contributed by atoms with Crippen LogP contribution < -0.4 is 15.5 Å². The number of nitrogens with one attached hydrogen (secondary N) is 2. The van der Waals surface area contributed by atoms with E-state index in [4.69, 9.17) is 4.84 Å². The molecular formula is C21H29N3O5. The Morgan fingerprint density at radius 2 is 1.86 bits per heavy atom. The lowest BCUT2D eigenvalue weighted by Crippen LogP contribution is -2.31. The maximum atomic E-state index is 12.4. The number of rotatable bonds is 7. The first-order valence-corrected chi connectivity index (χ1v) is 9.78. The highest BCUT2D eigenvalue weighted by Crippen LogP contribution is 2.34. The molecule has 0 aliphatic rings. The number of carbonyl (C=O) groups excluding carboxylic acids is 3. The third-order valence-electron chi connectivity index (χ3n) is 4.36. The number of carbonyl (C=O) groups is 3. The van der Waals surface area contributed by atoms with E-state index >= 15 is 0 Å². The molecule has 29 heavy (non-hydrogen) atoms. The zero-order valence-corrected chi connectivity index (χ0v) is 17.6. The highest BCUT2D eigenvalue weighted by molar-refractivity contribution is 6.11. The molecule has 1 aromatic heterocycles. The van der Waals surface area contributed by atoms with Gasteiger partial charge in [0, 0.05) is 24.0 Å². The molecule has 3 N–H and O–H groups in total. The number of anilines is 1. The molecule has 8 heteroatoms. The maximum absolute atomic E-state index is 12.4.